The summed E-state index contributed by atoms with van der Waals surface area (Å²) >= 11 is 1.38. The Morgan fingerprint density at radius 2 is 2.20 bits per heavy atom. The van der Waals surface area contributed by atoms with Crippen LogP contribution in [0.4, 0.5) is 0 Å². The average Bonchev–Trinajstić information content (AvgIpc) is 2.87. The Bertz CT molecular complexity index is 538. The number of hydrogen-bond acceptors (Lipinski definition) is 4. The van der Waals surface area contributed by atoms with Crippen LogP contribution >= 0.6 is 11.3 Å². The maximum Gasteiger partial charge on any atom is 0.328 e. The van der Waals surface area contributed by atoms with Gasteiger partial charge in [0.15, 0.2) is 0 Å². The summed E-state index contributed by atoms with van der Waals surface area (Å²) in [6.07, 6.45) is 2.59. The van der Waals surface area contributed by atoms with Gasteiger partial charge in [0.05, 0.1) is 5.56 Å². The van der Waals surface area contributed by atoms with Crippen LogP contribution in [-0.4, -0.2) is 59.5 Å². The first kappa shape index (κ1) is 14.7. The van der Waals surface area contributed by atoms with Crippen molar-refractivity contribution in [2.75, 3.05) is 26.7 Å². The lowest BCUT2D eigenvalue weighted by Crippen LogP contribution is -2.51. The predicted molar refractivity (Wildman–Crippen MR) is 79.0 cm³/mol. The third-order valence-electron chi connectivity index (χ3n) is 3.50. The molecule has 2 heterocycles. The minimum atomic E-state index is -0.987. The summed E-state index contributed by atoms with van der Waals surface area (Å²) in [7, 11) is 2.06. The first-order valence-corrected chi connectivity index (χ1v) is 7.34. The van der Waals surface area contributed by atoms with E-state index < -0.39 is 5.97 Å². The molecule has 20 heavy (non-hydrogen) atoms. The number of carboxylic acid groups (broad SMARTS) is 1. The zero-order valence-corrected chi connectivity index (χ0v) is 12.4. The molecule has 5 nitrogen and oxygen atoms in total. The number of nitrogens with zero attached hydrogens (tertiary/aromatic N) is 2. The molecule has 1 fully saturated rings. The smallest absolute Gasteiger partial charge is 0.328 e. The lowest BCUT2D eigenvalue weighted by Gasteiger charge is -2.37. The number of piperazine rings is 1. The summed E-state index contributed by atoms with van der Waals surface area (Å²) in [5.74, 6) is -0.963. The second-order valence-electron chi connectivity index (χ2n) is 4.99. The van der Waals surface area contributed by atoms with Gasteiger partial charge in [0.2, 0.25) is 0 Å². The van der Waals surface area contributed by atoms with Crippen LogP contribution in [0.25, 0.3) is 6.08 Å². The molecule has 0 aromatic carbocycles. The Labute approximate surface area is 122 Å². The van der Waals surface area contributed by atoms with Gasteiger partial charge < -0.3 is 14.9 Å². The van der Waals surface area contributed by atoms with Crippen molar-refractivity contribution < 1.29 is 14.7 Å². The Morgan fingerprint density at radius 3 is 2.85 bits per heavy atom. The van der Waals surface area contributed by atoms with Crippen molar-refractivity contribution >= 4 is 29.3 Å². The van der Waals surface area contributed by atoms with Crippen LogP contribution in [0.5, 0.6) is 0 Å². The van der Waals surface area contributed by atoms with Crippen LogP contribution in [0.15, 0.2) is 17.5 Å². The van der Waals surface area contributed by atoms with E-state index in [2.05, 4.69) is 18.9 Å². The summed E-state index contributed by atoms with van der Waals surface area (Å²) < 4.78 is 0. The van der Waals surface area contributed by atoms with E-state index in [9.17, 15) is 9.59 Å². The topological polar surface area (TPSA) is 60.9 Å². The largest absolute Gasteiger partial charge is 0.478 e. The lowest BCUT2D eigenvalue weighted by atomic mass is 10.1. The third kappa shape index (κ3) is 3.46. The number of likely N-dealkylation sites (N-methyl/N-ethyl adjacent to an activating group) is 1. The van der Waals surface area contributed by atoms with E-state index in [1.54, 1.807) is 11.4 Å². The van der Waals surface area contributed by atoms with Gasteiger partial charge in [-0.1, -0.05) is 0 Å². The monoisotopic (exact) mass is 294 g/mol. The van der Waals surface area contributed by atoms with Crippen molar-refractivity contribution in [3.63, 3.8) is 0 Å². The molecule has 1 N–H and O–H groups in total. The Morgan fingerprint density at radius 1 is 1.45 bits per heavy atom. The zero-order valence-electron chi connectivity index (χ0n) is 11.6. The van der Waals surface area contributed by atoms with Gasteiger partial charge in [-0.3, -0.25) is 4.79 Å². The lowest BCUT2D eigenvalue weighted by molar-refractivity contribution is -0.131. The summed E-state index contributed by atoms with van der Waals surface area (Å²) in [4.78, 5) is 27.7. The van der Waals surface area contributed by atoms with Crippen molar-refractivity contribution in [3.05, 3.63) is 28.0 Å². The van der Waals surface area contributed by atoms with Crippen molar-refractivity contribution in [3.8, 4) is 0 Å². The number of carbonyl (C=O) groups excluding carboxylic acids is 1. The number of rotatable bonds is 3. The number of hydrogen-bond donors (Lipinski definition) is 1. The van der Waals surface area contributed by atoms with Crippen LogP contribution < -0.4 is 0 Å². The standard InChI is InChI=1S/C14H18N2O3S/c1-10-8-16(6-5-15(10)2)14(19)11-7-12(20-9-11)3-4-13(17)18/h3-4,7,9-10H,5-6,8H2,1-2H3,(H,17,18). The fourth-order valence-electron chi connectivity index (χ4n) is 2.12. The maximum atomic E-state index is 12.4. The molecule has 1 aromatic heterocycles. The van der Waals surface area contributed by atoms with E-state index in [-0.39, 0.29) is 5.91 Å². The van der Waals surface area contributed by atoms with E-state index in [1.807, 2.05) is 4.90 Å². The highest BCUT2D eigenvalue weighted by Crippen LogP contribution is 2.19. The average molecular weight is 294 g/mol. The van der Waals surface area contributed by atoms with Gasteiger partial charge in [0.25, 0.3) is 5.91 Å². The van der Waals surface area contributed by atoms with E-state index >= 15 is 0 Å². The molecule has 1 atom stereocenters. The summed E-state index contributed by atoms with van der Waals surface area (Å²) in [6, 6.07) is 2.10. The molecule has 1 unspecified atom stereocenters. The molecule has 0 aliphatic carbocycles. The summed E-state index contributed by atoms with van der Waals surface area (Å²) in [6.45, 7) is 4.44. The molecule has 2 rings (SSSR count). The van der Waals surface area contributed by atoms with Crippen molar-refractivity contribution in [2.24, 2.45) is 0 Å². The third-order valence-corrected chi connectivity index (χ3v) is 4.40. The first-order valence-electron chi connectivity index (χ1n) is 6.46. The van der Waals surface area contributed by atoms with Gasteiger partial charge in [-0.15, -0.1) is 11.3 Å². The number of carboxylic acids is 1. The van der Waals surface area contributed by atoms with E-state index in [0.29, 0.717) is 11.6 Å². The van der Waals surface area contributed by atoms with Gasteiger partial charge >= 0.3 is 5.97 Å². The van der Waals surface area contributed by atoms with Crippen LogP contribution in [0.2, 0.25) is 0 Å². The fraction of sp³-hybridized carbons (Fsp3) is 0.429. The van der Waals surface area contributed by atoms with Crippen LogP contribution in [0, 0.1) is 0 Å². The molecule has 6 heteroatoms. The predicted octanol–water partition coefficient (Wildman–Crippen LogP) is 1.62. The minimum absolute atomic E-state index is 0.0242. The van der Waals surface area contributed by atoms with Gasteiger partial charge in [-0.2, -0.15) is 0 Å². The molecular formula is C14H18N2O3S. The van der Waals surface area contributed by atoms with Gasteiger partial charge in [0, 0.05) is 42.0 Å². The van der Waals surface area contributed by atoms with Crippen LogP contribution in [0.1, 0.15) is 22.2 Å². The first-order chi connectivity index (χ1) is 9.47. The molecule has 0 radical (unpaired) electrons. The summed E-state index contributed by atoms with van der Waals surface area (Å²) in [5.41, 5.74) is 0.636. The quantitative estimate of drug-likeness (QED) is 0.861. The summed E-state index contributed by atoms with van der Waals surface area (Å²) in [5, 5.41) is 10.4. The van der Waals surface area contributed by atoms with E-state index in [4.69, 9.17) is 5.11 Å². The Kier molecular flexibility index (Phi) is 4.57. The number of carbonyl (C=O) groups is 2. The molecule has 1 aromatic rings. The molecule has 0 spiro atoms. The van der Waals surface area contributed by atoms with Crippen molar-refractivity contribution in [1.29, 1.82) is 0 Å². The Hall–Kier alpha value is -1.66. The highest BCUT2D eigenvalue weighted by atomic mass is 32.1. The van der Waals surface area contributed by atoms with Gasteiger partial charge in [-0.25, -0.2) is 4.79 Å². The second-order valence-corrected chi connectivity index (χ2v) is 5.93. The van der Waals surface area contributed by atoms with Crippen molar-refractivity contribution in [1.82, 2.24) is 9.80 Å². The molecule has 1 aliphatic heterocycles. The molecule has 1 amide bonds. The second kappa shape index (κ2) is 6.19. The normalized spacial score (nSPS) is 20.5. The van der Waals surface area contributed by atoms with E-state index in [0.717, 1.165) is 30.6 Å². The van der Waals surface area contributed by atoms with Gasteiger partial charge in [-0.05, 0) is 26.1 Å². The molecular weight excluding hydrogens is 276 g/mol. The van der Waals surface area contributed by atoms with Crippen LogP contribution in [0.3, 0.4) is 0 Å². The van der Waals surface area contributed by atoms with Crippen LogP contribution in [-0.2, 0) is 4.79 Å². The molecule has 0 saturated carbocycles. The highest BCUT2D eigenvalue weighted by molar-refractivity contribution is 7.11. The molecule has 108 valence electrons. The molecule has 1 saturated heterocycles. The Balaban J connectivity index is 2.04. The minimum Gasteiger partial charge on any atom is -0.478 e. The van der Waals surface area contributed by atoms with Crippen molar-refractivity contribution in [2.45, 2.75) is 13.0 Å². The zero-order chi connectivity index (χ0) is 14.7. The fourth-order valence-corrected chi connectivity index (χ4v) is 2.89. The highest BCUT2D eigenvalue weighted by Gasteiger charge is 2.25. The molecule has 1 aliphatic rings. The SMILES string of the molecule is CC1CN(C(=O)c2csc(C=CC(=O)O)c2)CCN1C. The number of amides is 1. The molecule has 0 bridgehead atoms. The van der Waals surface area contributed by atoms with E-state index in [1.165, 1.54) is 17.4 Å². The maximum absolute atomic E-state index is 12.4. The van der Waals surface area contributed by atoms with Gasteiger partial charge in [0.1, 0.15) is 0 Å². The number of thiophene rings is 1. The number of aliphatic carboxylic acids is 1.